The molecule has 0 bridgehead atoms. The molecular formula is C44H50Cl2N10O3. The molecule has 0 unspecified atom stereocenters. The van der Waals surface area contributed by atoms with Gasteiger partial charge in [-0.3, -0.25) is 4.79 Å². The average Bonchev–Trinajstić information content (AvgIpc) is 4.18. The normalized spacial score (nSPS) is 19.2. The largest absolute Gasteiger partial charge is 0.478 e. The summed E-state index contributed by atoms with van der Waals surface area (Å²) in [6.07, 6.45) is 11.7. The highest BCUT2D eigenvalue weighted by Gasteiger charge is 2.33. The summed E-state index contributed by atoms with van der Waals surface area (Å²) in [5.41, 5.74) is 21.2. The fraction of sp³-hybridized carbons (Fsp3) is 0.409. The van der Waals surface area contributed by atoms with Crippen LogP contribution in [0.2, 0.25) is 10.0 Å². The van der Waals surface area contributed by atoms with Crippen molar-refractivity contribution in [1.82, 2.24) is 39.4 Å². The number of carboxylic acids is 1. The van der Waals surface area contributed by atoms with Crippen molar-refractivity contribution in [3.63, 3.8) is 0 Å². The van der Waals surface area contributed by atoms with Crippen LogP contribution >= 0.6 is 23.2 Å². The van der Waals surface area contributed by atoms with Gasteiger partial charge in [-0.15, -0.1) is 0 Å². The number of fused-ring (bicyclic) bond motifs is 2. The number of hydrogen-bond donors (Lipinski definition) is 4. The Balaban J connectivity index is 0.000000138. The monoisotopic (exact) mass is 836 g/mol. The molecular weight excluding hydrogens is 787 g/mol. The molecule has 6 aromatic rings. The molecule has 4 aliphatic rings. The van der Waals surface area contributed by atoms with E-state index in [2.05, 4.69) is 37.4 Å². The third-order valence-electron chi connectivity index (χ3n) is 11.5. The van der Waals surface area contributed by atoms with Crippen molar-refractivity contribution in [2.75, 3.05) is 24.6 Å². The van der Waals surface area contributed by atoms with Gasteiger partial charge in [0.2, 0.25) is 0 Å². The summed E-state index contributed by atoms with van der Waals surface area (Å²) in [7, 11) is 0. The highest BCUT2D eigenvalue weighted by atomic mass is 35.5. The Morgan fingerprint density at radius 3 is 1.76 bits per heavy atom. The number of likely N-dealkylation sites (tertiary alicyclic amines) is 1. The topological polar surface area (TPSA) is 182 Å². The van der Waals surface area contributed by atoms with Crippen LogP contribution in [0, 0.1) is 13.8 Å². The van der Waals surface area contributed by atoms with E-state index in [0.29, 0.717) is 45.7 Å². The fourth-order valence-corrected chi connectivity index (χ4v) is 8.36. The molecule has 6 N–H and O–H groups in total. The lowest BCUT2D eigenvalue weighted by atomic mass is 9.98. The first-order valence-corrected chi connectivity index (χ1v) is 21.3. The Morgan fingerprint density at radius 1 is 0.678 bits per heavy atom. The molecule has 2 atom stereocenters. The van der Waals surface area contributed by atoms with Crippen LogP contribution < -0.4 is 16.8 Å². The molecule has 15 heteroatoms. The van der Waals surface area contributed by atoms with Gasteiger partial charge in [-0.2, -0.15) is 10.2 Å². The minimum atomic E-state index is -1.06. The molecule has 0 radical (unpaired) electrons. The highest BCUT2D eigenvalue weighted by Crippen LogP contribution is 2.41. The standard InChI is InChI=1S/C22H24ClN5O.C15H20N4.C7H6ClNO2/c1-13-10-18(14-5-6-14)25-21-12-19(26-28(13)21)20-4-2-3-9-27(20)22(29)16-11-15(23)7-8-17(16)24;1-10-8-13(11-5-6-11)17-15-9-14(18-19(10)15)12-4-2-3-7-16-12;8-4-1-2-6(9)5(3-4)7(10)11/h7-8,10-12,14,20H,2-6,9,24H2,1H3;8-9,11-12,16H,2-7H2,1H3;1-3H,9H2,(H,10,11)/t20-;12-;/m00./s1. The van der Waals surface area contributed by atoms with Gasteiger partial charge in [-0.1, -0.05) is 29.6 Å². The van der Waals surface area contributed by atoms with Crippen LogP contribution in [0.15, 0.2) is 60.7 Å². The number of carboxylic acid groups (broad SMARTS) is 1. The van der Waals surface area contributed by atoms with E-state index in [1.165, 1.54) is 68.5 Å². The van der Waals surface area contributed by atoms with Crippen LogP contribution in [0.1, 0.15) is 143 Å². The first-order chi connectivity index (χ1) is 28.4. The number of carbonyl (C=O) groups excluding carboxylic acids is 1. The molecule has 13 nitrogen and oxygen atoms in total. The second kappa shape index (κ2) is 17.2. The van der Waals surface area contributed by atoms with Crippen LogP contribution in [-0.2, 0) is 0 Å². The minimum absolute atomic E-state index is 0.0394. The molecule has 4 fully saturated rings. The van der Waals surface area contributed by atoms with Crippen molar-refractivity contribution in [2.45, 2.75) is 102 Å². The SMILES string of the molecule is Cc1cc(C2CC2)nc2cc([C@@H]3CCCCN3)nn12.Cc1cc(C2CC2)nc2cc([C@@H]3CCCCN3C(=O)c3cc(Cl)ccc3N)nn12.Nc1ccc(Cl)cc1C(=O)O. The molecule has 6 heterocycles. The van der Waals surface area contributed by atoms with Crippen LogP contribution in [0.3, 0.4) is 0 Å². The summed E-state index contributed by atoms with van der Waals surface area (Å²) in [5, 5.41) is 22.6. The van der Waals surface area contributed by atoms with Crippen LogP contribution in [-0.4, -0.2) is 64.2 Å². The maximum atomic E-state index is 13.3. The van der Waals surface area contributed by atoms with E-state index in [0.717, 1.165) is 59.9 Å². The number of benzene rings is 2. The molecule has 4 aromatic heterocycles. The lowest BCUT2D eigenvalue weighted by Gasteiger charge is -2.35. The second-order valence-corrected chi connectivity index (χ2v) is 17.0. The number of amides is 1. The number of halogens is 2. The van der Waals surface area contributed by atoms with Crippen LogP contribution in [0.4, 0.5) is 11.4 Å². The van der Waals surface area contributed by atoms with Crippen molar-refractivity contribution in [2.24, 2.45) is 0 Å². The minimum Gasteiger partial charge on any atom is -0.478 e. The lowest BCUT2D eigenvalue weighted by molar-refractivity contribution is 0.0606. The highest BCUT2D eigenvalue weighted by molar-refractivity contribution is 6.31. The van der Waals surface area contributed by atoms with E-state index in [9.17, 15) is 9.59 Å². The van der Waals surface area contributed by atoms with Gasteiger partial charge in [0.1, 0.15) is 0 Å². The van der Waals surface area contributed by atoms with E-state index in [4.69, 9.17) is 59.9 Å². The van der Waals surface area contributed by atoms with Gasteiger partial charge in [0, 0.05) is 74.7 Å². The molecule has 2 aromatic carbocycles. The number of nitrogens with one attached hydrogen (secondary N) is 1. The third-order valence-corrected chi connectivity index (χ3v) is 12.0. The molecule has 59 heavy (non-hydrogen) atoms. The average molecular weight is 838 g/mol. The molecule has 2 saturated carbocycles. The first-order valence-electron chi connectivity index (χ1n) is 20.6. The number of aromatic nitrogens is 6. The van der Waals surface area contributed by atoms with E-state index in [-0.39, 0.29) is 23.2 Å². The first kappa shape index (κ1) is 40.5. The van der Waals surface area contributed by atoms with Gasteiger partial charge in [0.15, 0.2) is 11.3 Å². The molecule has 2 aliphatic heterocycles. The number of carbonyl (C=O) groups is 2. The molecule has 2 aliphatic carbocycles. The number of aryl methyl sites for hydroxylation is 2. The summed E-state index contributed by atoms with van der Waals surface area (Å²) in [5.74, 6) is 0.144. The molecule has 308 valence electrons. The van der Waals surface area contributed by atoms with E-state index >= 15 is 0 Å². The summed E-state index contributed by atoms with van der Waals surface area (Å²) < 4.78 is 3.89. The zero-order valence-electron chi connectivity index (χ0n) is 33.4. The van der Waals surface area contributed by atoms with E-state index in [1.807, 2.05) is 20.0 Å². The van der Waals surface area contributed by atoms with Gasteiger partial charge >= 0.3 is 5.97 Å². The molecule has 2 saturated heterocycles. The van der Waals surface area contributed by atoms with Gasteiger partial charge < -0.3 is 26.8 Å². The maximum absolute atomic E-state index is 13.3. The number of piperidine rings is 2. The number of anilines is 2. The van der Waals surface area contributed by atoms with Gasteiger partial charge in [-0.25, -0.2) is 23.8 Å². The third kappa shape index (κ3) is 9.17. The van der Waals surface area contributed by atoms with Crippen molar-refractivity contribution in [1.29, 1.82) is 0 Å². The Bertz CT molecular complexity index is 2520. The Kier molecular flexibility index (Phi) is 11.8. The summed E-state index contributed by atoms with van der Waals surface area (Å²) in [4.78, 5) is 35.3. The number of rotatable bonds is 6. The lowest BCUT2D eigenvalue weighted by Crippen LogP contribution is -2.39. The number of nitrogen functional groups attached to an aromatic ring is 2. The van der Waals surface area contributed by atoms with Gasteiger partial charge in [0.05, 0.1) is 34.6 Å². The van der Waals surface area contributed by atoms with E-state index in [1.54, 1.807) is 24.3 Å². The van der Waals surface area contributed by atoms with Crippen LogP contribution in [0.5, 0.6) is 0 Å². The summed E-state index contributed by atoms with van der Waals surface area (Å²) >= 11 is 11.7. The summed E-state index contributed by atoms with van der Waals surface area (Å²) in [6, 6.07) is 18.3. The van der Waals surface area contributed by atoms with Gasteiger partial charge in [-0.05, 0) is 127 Å². The van der Waals surface area contributed by atoms with Crippen molar-refractivity contribution < 1.29 is 14.7 Å². The second-order valence-electron chi connectivity index (χ2n) is 16.2. The molecule has 1 amide bonds. The predicted molar refractivity (Wildman–Crippen MR) is 230 cm³/mol. The number of hydrogen-bond acceptors (Lipinski definition) is 9. The Hall–Kier alpha value is -5.24. The van der Waals surface area contributed by atoms with Gasteiger partial charge in [0.25, 0.3) is 5.91 Å². The smallest absolute Gasteiger partial charge is 0.337 e. The Morgan fingerprint density at radius 2 is 1.22 bits per heavy atom. The van der Waals surface area contributed by atoms with E-state index < -0.39 is 5.97 Å². The van der Waals surface area contributed by atoms with Crippen molar-refractivity contribution >= 4 is 57.7 Å². The molecule has 10 rings (SSSR count). The fourth-order valence-electron chi connectivity index (χ4n) is 8.01. The maximum Gasteiger partial charge on any atom is 0.337 e. The quantitative estimate of drug-likeness (QED) is 0.118. The zero-order chi connectivity index (χ0) is 41.4. The summed E-state index contributed by atoms with van der Waals surface area (Å²) in [6.45, 7) is 5.99. The van der Waals surface area contributed by atoms with Crippen molar-refractivity contribution in [3.8, 4) is 0 Å². The van der Waals surface area contributed by atoms with Crippen LogP contribution in [0.25, 0.3) is 11.3 Å². The number of nitrogens with two attached hydrogens (primary N) is 2. The number of nitrogens with zero attached hydrogens (tertiary/aromatic N) is 7. The molecule has 0 spiro atoms. The predicted octanol–water partition coefficient (Wildman–Crippen LogP) is 8.87. The zero-order valence-corrected chi connectivity index (χ0v) is 34.9. The van der Waals surface area contributed by atoms with Crippen molar-refractivity contribution in [3.05, 3.63) is 116 Å². The Labute approximate surface area is 353 Å². The number of aromatic carboxylic acids is 1.